The summed E-state index contributed by atoms with van der Waals surface area (Å²) in [5, 5.41) is 16.4. The van der Waals surface area contributed by atoms with Crippen LogP contribution in [0, 0.1) is 0 Å². The first-order valence-corrected chi connectivity index (χ1v) is 16.0. The van der Waals surface area contributed by atoms with Gasteiger partial charge in [-0.1, -0.05) is 166 Å². The molecule has 3 rings (SSSR count). The maximum Gasteiger partial charge on any atom is 2.00 e. The predicted octanol–water partition coefficient (Wildman–Crippen LogP) is 12.5. The van der Waals surface area contributed by atoms with Gasteiger partial charge in [0.05, 0.1) is 11.4 Å². The molecule has 0 atom stereocenters. The van der Waals surface area contributed by atoms with E-state index in [1.165, 1.54) is 27.8 Å². The van der Waals surface area contributed by atoms with Crippen LogP contribution in [0.2, 0.25) is 0 Å². The summed E-state index contributed by atoms with van der Waals surface area (Å²) in [5.74, 6) is 1.64. The monoisotopic (exact) mass is 663 g/mol. The Morgan fingerprint density at radius 3 is 1.43 bits per heavy atom. The first-order valence-electron chi connectivity index (χ1n) is 15.6. The normalized spacial score (nSPS) is 12.6. The Labute approximate surface area is 284 Å². The number of para-hydroxylation sites is 2. The Morgan fingerprint density at radius 1 is 0.682 bits per heavy atom. The van der Waals surface area contributed by atoms with Crippen molar-refractivity contribution in [2.75, 3.05) is 0 Å². The maximum atomic E-state index is 10.7. The second-order valence-corrected chi connectivity index (χ2v) is 14.0. The third kappa shape index (κ3) is 10.8. The van der Waals surface area contributed by atoms with Crippen LogP contribution in [0.4, 0.5) is 11.4 Å². The molecule has 1 radical (unpaired) electrons. The van der Waals surface area contributed by atoms with Gasteiger partial charge in [0, 0.05) is 5.03 Å². The third-order valence-electron chi connectivity index (χ3n) is 7.60. The Kier molecular flexibility index (Phi) is 15.5. The largest absolute Gasteiger partial charge is 2.00 e. The van der Waals surface area contributed by atoms with Gasteiger partial charge in [-0.2, -0.15) is 0 Å². The molecule has 0 bridgehead atoms. The van der Waals surface area contributed by atoms with Gasteiger partial charge in [-0.05, 0) is 52.7 Å². The van der Waals surface area contributed by atoms with E-state index in [4.69, 9.17) is 21.9 Å². The van der Waals surface area contributed by atoms with Gasteiger partial charge >= 0.3 is 17.1 Å². The first-order chi connectivity index (χ1) is 19.9. The molecule has 0 N–H and O–H groups in total. The molecule has 0 aliphatic carbocycles. The molecular weight excluding hydrogens is 611 g/mol. The minimum atomic E-state index is 0. The van der Waals surface area contributed by atoms with Gasteiger partial charge in [-0.25, -0.2) is 0 Å². The summed E-state index contributed by atoms with van der Waals surface area (Å²) in [4.78, 5) is 5.05. The molecule has 3 aromatic rings. The Balaban J connectivity index is 0.000000678. The minimum absolute atomic E-state index is 0. The number of nitrogens with zero attached hydrogens (tertiary/aromatic N) is 2. The summed E-state index contributed by atoms with van der Waals surface area (Å²) < 4.78 is 0. The molecule has 3 aromatic carbocycles. The molecular formula is C39H53ClCuN2O. The van der Waals surface area contributed by atoms with Crippen LogP contribution < -0.4 is 5.11 Å². The quantitative estimate of drug-likeness (QED) is 0.175. The maximum absolute atomic E-state index is 10.7. The van der Waals surface area contributed by atoms with Gasteiger partial charge in [0.1, 0.15) is 0 Å². The molecule has 0 aliphatic rings. The Morgan fingerprint density at radius 2 is 1.07 bits per heavy atom. The van der Waals surface area contributed by atoms with Crippen molar-refractivity contribution in [1.29, 1.82) is 0 Å². The molecule has 0 saturated heterocycles. The number of hydrogen-bond acceptors (Lipinski definition) is 2. The van der Waals surface area contributed by atoms with Crippen LogP contribution in [0.15, 0.2) is 76.4 Å². The van der Waals surface area contributed by atoms with Crippen LogP contribution in [-0.2, 0) is 22.5 Å². The van der Waals surface area contributed by atoms with Crippen molar-refractivity contribution < 1.29 is 22.2 Å². The number of allylic oxidation sites excluding steroid dienone is 2. The number of aliphatic imine (C=N–C) groups is 1. The van der Waals surface area contributed by atoms with Crippen molar-refractivity contribution in [3.05, 3.63) is 105 Å². The van der Waals surface area contributed by atoms with Crippen LogP contribution in [-0.4, -0.2) is 5.71 Å². The van der Waals surface area contributed by atoms with Crippen molar-refractivity contribution >= 4 is 28.7 Å². The average molecular weight is 665 g/mol. The SMILES string of the molecule is CC(=Nc1c(C(C)C)cccc1C(C)C)/C(Cl)=C(/C)[N-]c1c(C(C)C)cccc1C(C)C.CC(C)(C)c1ccc([O-])cc1.[Cu+2]. The molecule has 0 heterocycles. The second-order valence-electron chi connectivity index (χ2n) is 13.7. The van der Waals surface area contributed by atoms with E-state index in [0.29, 0.717) is 28.7 Å². The summed E-state index contributed by atoms with van der Waals surface area (Å²) in [5.41, 5.74) is 10.1. The van der Waals surface area contributed by atoms with Gasteiger partial charge in [0.15, 0.2) is 0 Å². The molecule has 0 spiro atoms. The van der Waals surface area contributed by atoms with Gasteiger partial charge in [-0.3, -0.25) is 4.99 Å². The smallest absolute Gasteiger partial charge is 0.872 e. The molecule has 0 fully saturated rings. The summed E-state index contributed by atoms with van der Waals surface area (Å²) in [7, 11) is 0. The average Bonchev–Trinajstić information content (AvgIpc) is 2.92. The summed E-state index contributed by atoms with van der Waals surface area (Å²) in [6.45, 7) is 28.1. The fraction of sp³-hybridized carbons (Fsp3) is 0.462. The second kappa shape index (κ2) is 17.2. The van der Waals surface area contributed by atoms with Crippen LogP contribution in [0.5, 0.6) is 5.75 Å². The van der Waals surface area contributed by atoms with E-state index in [9.17, 15) is 5.11 Å². The molecule has 243 valence electrons. The van der Waals surface area contributed by atoms with Crippen molar-refractivity contribution in [2.24, 2.45) is 4.99 Å². The van der Waals surface area contributed by atoms with Gasteiger partial charge < -0.3 is 10.4 Å². The third-order valence-corrected chi connectivity index (χ3v) is 8.15. The topological polar surface area (TPSA) is 49.5 Å². The van der Waals surface area contributed by atoms with Crippen LogP contribution in [0.25, 0.3) is 5.32 Å². The zero-order valence-corrected chi connectivity index (χ0v) is 30.8. The van der Waals surface area contributed by atoms with Crippen LogP contribution >= 0.6 is 11.6 Å². The van der Waals surface area contributed by atoms with Gasteiger partial charge in [-0.15, -0.1) is 17.1 Å². The summed E-state index contributed by atoms with van der Waals surface area (Å²) in [6, 6.07) is 20.0. The minimum Gasteiger partial charge on any atom is -0.872 e. The molecule has 0 aromatic heterocycles. The van der Waals surface area contributed by atoms with Gasteiger partial charge in [0.25, 0.3) is 0 Å². The molecule has 44 heavy (non-hydrogen) atoms. The summed E-state index contributed by atoms with van der Waals surface area (Å²) >= 11 is 6.86. The van der Waals surface area contributed by atoms with E-state index in [2.05, 4.69) is 113 Å². The number of benzene rings is 3. The van der Waals surface area contributed by atoms with Crippen LogP contribution in [0.3, 0.4) is 0 Å². The van der Waals surface area contributed by atoms with Crippen LogP contribution in [0.1, 0.15) is 141 Å². The molecule has 5 heteroatoms. The van der Waals surface area contributed by atoms with E-state index < -0.39 is 0 Å². The van der Waals surface area contributed by atoms with E-state index in [-0.39, 0.29) is 28.2 Å². The van der Waals surface area contributed by atoms with E-state index in [1.807, 2.05) is 26.0 Å². The first kappa shape index (κ1) is 39.5. The molecule has 0 unspecified atom stereocenters. The van der Waals surface area contributed by atoms with Crippen molar-refractivity contribution in [3.63, 3.8) is 0 Å². The van der Waals surface area contributed by atoms with E-state index in [0.717, 1.165) is 22.8 Å². The molecule has 0 aliphatic heterocycles. The zero-order chi connectivity index (χ0) is 32.6. The van der Waals surface area contributed by atoms with E-state index in [1.54, 1.807) is 12.1 Å². The molecule has 0 saturated carbocycles. The Bertz CT molecular complexity index is 1360. The molecule has 0 amide bonds. The zero-order valence-electron chi connectivity index (χ0n) is 29.1. The van der Waals surface area contributed by atoms with Crippen molar-refractivity contribution in [3.8, 4) is 5.75 Å². The number of rotatable bonds is 8. The Hall–Kier alpha value is -2.52. The standard InChI is InChI=1S/C29H40ClN2.C10H14O.Cu/c1-17(2)23-13-11-14-24(18(3)4)28(23)31-21(9)27(30)22(10)32-29-25(19(5)6)15-12-16-26(29)20(7)8;1-10(2,3)8-4-6-9(11)7-5-8;/h11-20H,1-10H3;4-7,11H,1-3H3;/q-1;;+2/p-1/b27-21+,32-22?;;. The number of halogens is 1. The van der Waals surface area contributed by atoms with Crippen molar-refractivity contribution in [1.82, 2.24) is 0 Å². The predicted molar refractivity (Wildman–Crippen MR) is 188 cm³/mol. The molecule has 3 nitrogen and oxygen atoms in total. The summed E-state index contributed by atoms with van der Waals surface area (Å²) in [6.07, 6.45) is 0. The fourth-order valence-corrected chi connectivity index (χ4v) is 5.02. The fourth-order valence-electron chi connectivity index (χ4n) is 4.93. The van der Waals surface area contributed by atoms with Gasteiger partial charge in [0.2, 0.25) is 0 Å². The number of hydrogen-bond donors (Lipinski definition) is 0. The van der Waals surface area contributed by atoms with E-state index >= 15 is 0 Å². The van der Waals surface area contributed by atoms with Crippen molar-refractivity contribution in [2.45, 2.75) is 119 Å².